The molecule has 21 heavy (non-hydrogen) atoms. The summed E-state index contributed by atoms with van der Waals surface area (Å²) in [5.74, 6) is 0.532. The zero-order chi connectivity index (χ0) is 15.4. The molecule has 1 unspecified atom stereocenters. The minimum atomic E-state index is -0.240. The second-order valence-electron chi connectivity index (χ2n) is 4.67. The van der Waals surface area contributed by atoms with Crippen molar-refractivity contribution in [3.05, 3.63) is 29.4 Å². The Balaban J connectivity index is 2.04. The zero-order valence-electron chi connectivity index (χ0n) is 11.5. The number of likely N-dealkylation sites (tertiary alicyclic amines) is 1. The molecule has 112 valence electrons. The number of carbonyl (C=O) groups excluding carboxylic acids is 1. The molecule has 1 amide bonds. The Labute approximate surface area is 133 Å². The topological polar surface area (TPSA) is 69.3 Å². The molecule has 1 aliphatic rings. The van der Waals surface area contributed by atoms with E-state index in [1.807, 2.05) is 0 Å². The number of nitrogens with one attached hydrogen (secondary N) is 3. The third-order valence-electron chi connectivity index (χ3n) is 3.22. The molecule has 0 bridgehead atoms. The van der Waals surface area contributed by atoms with Crippen LogP contribution in [0.4, 0.5) is 5.82 Å². The number of carbonyl (C=O) groups is 1. The molecule has 1 aromatic heterocycles. The number of rotatable bonds is 6. The number of anilines is 1. The van der Waals surface area contributed by atoms with E-state index in [-0.39, 0.29) is 11.9 Å². The van der Waals surface area contributed by atoms with Gasteiger partial charge >= 0.3 is 0 Å². The molecular weight excluding hydrogens is 310 g/mol. The maximum Gasteiger partial charge on any atom is 0.244 e. The number of hydrogen-bond acceptors (Lipinski definition) is 5. The fourth-order valence-corrected chi connectivity index (χ4v) is 2.32. The van der Waals surface area contributed by atoms with Crippen LogP contribution in [0, 0.1) is 0 Å². The van der Waals surface area contributed by atoms with Gasteiger partial charge in [-0.3, -0.25) is 15.6 Å². The number of pyridine rings is 1. The van der Waals surface area contributed by atoms with Gasteiger partial charge in [0.05, 0.1) is 10.5 Å². The summed E-state index contributed by atoms with van der Waals surface area (Å²) < 4.78 is 0. The second kappa shape index (κ2) is 6.73. The molecule has 1 fully saturated rings. The van der Waals surface area contributed by atoms with Crippen LogP contribution in [0.25, 0.3) is 5.70 Å². The molecule has 2 rings (SSSR count). The third kappa shape index (κ3) is 3.62. The van der Waals surface area contributed by atoms with E-state index in [0.29, 0.717) is 16.5 Å². The molecule has 0 aliphatic carbocycles. The van der Waals surface area contributed by atoms with Crippen LogP contribution in [0.3, 0.4) is 0 Å². The Morgan fingerprint density at radius 1 is 1.67 bits per heavy atom. The van der Waals surface area contributed by atoms with Gasteiger partial charge in [0.15, 0.2) is 5.82 Å². The SMILES string of the molecule is C=C(NC1CCN(C)C1=O)c1cnc(NNC=S)c(Cl)c1. The van der Waals surface area contributed by atoms with E-state index in [4.69, 9.17) is 11.6 Å². The first kappa shape index (κ1) is 15.5. The Morgan fingerprint density at radius 2 is 2.43 bits per heavy atom. The first-order valence-electron chi connectivity index (χ1n) is 6.34. The highest BCUT2D eigenvalue weighted by molar-refractivity contribution is 7.78. The molecule has 0 radical (unpaired) electrons. The van der Waals surface area contributed by atoms with Crippen molar-refractivity contribution in [2.24, 2.45) is 0 Å². The van der Waals surface area contributed by atoms with Crippen molar-refractivity contribution in [1.82, 2.24) is 20.6 Å². The van der Waals surface area contributed by atoms with Crippen LogP contribution in [0.15, 0.2) is 18.8 Å². The van der Waals surface area contributed by atoms with Gasteiger partial charge in [0.25, 0.3) is 0 Å². The first-order valence-corrected chi connectivity index (χ1v) is 7.19. The van der Waals surface area contributed by atoms with Gasteiger partial charge in [-0.2, -0.15) is 0 Å². The summed E-state index contributed by atoms with van der Waals surface area (Å²) in [5.41, 5.74) is 8.04. The van der Waals surface area contributed by atoms with Crippen molar-refractivity contribution >= 4 is 46.7 Å². The summed E-state index contributed by atoms with van der Waals surface area (Å²) in [4.78, 5) is 17.7. The average molecular weight is 326 g/mol. The van der Waals surface area contributed by atoms with Crippen LogP contribution >= 0.6 is 23.8 Å². The lowest BCUT2D eigenvalue weighted by molar-refractivity contribution is -0.128. The normalized spacial score (nSPS) is 17.5. The number of aromatic nitrogens is 1. The van der Waals surface area contributed by atoms with Crippen molar-refractivity contribution in [2.45, 2.75) is 12.5 Å². The van der Waals surface area contributed by atoms with E-state index >= 15 is 0 Å². The minimum Gasteiger partial charge on any atom is -0.374 e. The maximum atomic E-state index is 11.9. The average Bonchev–Trinajstić information content (AvgIpc) is 2.78. The largest absolute Gasteiger partial charge is 0.374 e. The van der Waals surface area contributed by atoms with Crippen LogP contribution in [-0.4, -0.2) is 40.9 Å². The predicted molar refractivity (Wildman–Crippen MR) is 87.9 cm³/mol. The van der Waals surface area contributed by atoms with Crippen molar-refractivity contribution in [1.29, 1.82) is 0 Å². The summed E-state index contributed by atoms with van der Waals surface area (Å²) >= 11 is 10.8. The van der Waals surface area contributed by atoms with Gasteiger partial charge in [-0.15, -0.1) is 0 Å². The lowest BCUT2D eigenvalue weighted by atomic mass is 10.2. The highest BCUT2D eigenvalue weighted by atomic mass is 35.5. The molecule has 0 spiro atoms. The zero-order valence-corrected chi connectivity index (χ0v) is 13.1. The van der Waals surface area contributed by atoms with Crippen LogP contribution in [0.5, 0.6) is 0 Å². The van der Waals surface area contributed by atoms with Gasteiger partial charge in [0.2, 0.25) is 5.91 Å². The van der Waals surface area contributed by atoms with Crippen molar-refractivity contribution in [3.63, 3.8) is 0 Å². The standard InChI is InChI=1S/C13H16ClN5OS/c1-8(17-11-3-4-19(2)13(11)20)9-5-10(14)12(15-6-9)18-16-7-21/h5-7,11,17H,1,3-4H2,2H3,(H,15,18)(H,16,21). The summed E-state index contributed by atoms with van der Waals surface area (Å²) in [7, 11) is 1.79. The number of amides is 1. The van der Waals surface area contributed by atoms with Gasteiger partial charge in [-0.25, -0.2) is 4.98 Å². The Morgan fingerprint density at radius 3 is 3.00 bits per heavy atom. The predicted octanol–water partition coefficient (Wildman–Crippen LogP) is 1.40. The van der Waals surface area contributed by atoms with E-state index in [0.717, 1.165) is 18.5 Å². The van der Waals surface area contributed by atoms with Gasteiger partial charge < -0.3 is 10.2 Å². The molecule has 1 aliphatic heterocycles. The quantitative estimate of drug-likeness (QED) is 0.542. The third-order valence-corrected chi connectivity index (χ3v) is 3.62. The number of nitrogens with zero attached hydrogens (tertiary/aromatic N) is 2. The maximum absolute atomic E-state index is 11.9. The lowest BCUT2D eigenvalue weighted by Gasteiger charge is -2.16. The molecule has 2 heterocycles. The molecule has 8 heteroatoms. The molecule has 1 aromatic rings. The highest BCUT2D eigenvalue weighted by Crippen LogP contribution is 2.23. The van der Waals surface area contributed by atoms with E-state index in [1.54, 1.807) is 24.2 Å². The molecule has 0 saturated carbocycles. The smallest absolute Gasteiger partial charge is 0.244 e. The van der Waals surface area contributed by atoms with Gasteiger partial charge in [0.1, 0.15) is 6.04 Å². The number of hydrazine groups is 1. The Bertz CT molecular complexity index is 580. The van der Waals surface area contributed by atoms with E-state index < -0.39 is 0 Å². The molecule has 6 nitrogen and oxygen atoms in total. The molecular formula is C13H16ClN5OS. The number of halogens is 1. The number of likely N-dealkylation sites (N-methyl/N-ethyl adjacent to an activating group) is 1. The van der Waals surface area contributed by atoms with Gasteiger partial charge in [0, 0.05) is 31.0 Å². The monoisotopic (exact) mass is 325 g/mol. The van der Waals surface area contributed by atoms with Crippen LogP contribution < -0.4 is 16.2 Å². The number of thiocarbonyl (C=S) groups is 1. The van der Waals surface area contributed by atoms with Crippen LogP contribution in [0.1, 0.15) is 12.0 Å². The highest BCUT2D eigenvalue weighted by Gasteiger charge is 2.29. The summed E-state index contributed by atoms with van der Waals surface area (Å²) in [6, 6.07) is 1.48. The molecule has 1 atom stereocenters. The molecule has 3 N–H and O–H groups in total. The summed E-state index contributed by atoms with van der Waals surface area (Å²) in [5, 5.41) is 3.55. The van der Waals surface area contributed by atoms with Gasteiger partial charge in [-0.05, 0) is 12.5 Å². The fraction of sp³-hybridized carbons (Fsp3) is 0.308. The summed E-state index contributed by atoms with van der Waals surface area (Å²) in [6.45, 7) is 4.69. The second-order valence-corrected chi connectivity index (χ2v) is 5.31. The lowest BCUT2D eigenvalue weighted by Crippen LogP contribution is -2.35. The van der Waals surface area contributed by atoms with Crippen molar-refractivity contribution in [2.75, 3.05) is 19.0 Å². The van der Waals surface area contributed by atoms with E-state index in [9.17, 15) is 4.79 Å². The summed E-state index contributed by atoms with van der Waals surface area (Å²) in [6.07, 6.45) is 2.38. The van der Waals surface area contributed by atoms with E-state index in [2.05, 4.69) is 39.9 Å². The van der Waals surface area contributed by atoms with E-state index in [1.165, 1.54) is 5.49 Å². The molecule has 0 aromatic carbocycles. The Kier molecular flexibility index (Phi) is 4.98. The van der Waals surface area contributed by atoms with Crippen LogP contribution in [0.2, 0.25) is 5.02 Å². The van der Waals surface area contributed by atoms with Crippen molar-refractivity contribution < 1.29 is 4.79 Å². The minimum absolute atomic E-state index is 0.0682. The molecule has 1 saturated heterocycles. The van der Waals surface area contributed by atoms with Crippen LogP contribution in [-0.2, 0) is 4.79 Å². The van der Waals surface area contributed by atoms with Crippen molar-refractivity contribution in [3.8, 4) is 0 Å². The Hall–Kier alpha value is -1.86. The number of hydrogen-bond donors (Lipinski definition) is 3. The van der Waals surface area contributed by atoms with Gasteiger partial charge in [-0.1, -0.05) is 30.4 Å². The fourth-order valence-electron chi connectivity index (χ4n) is 2.04. The first-order chi connectivity index (χ1) is 10.0.